The number of carbonyl (C=O) groups excluding carboxylic acids is 3. The molecule has 0 spiro atoms. The minimum atomic E-state index is -0.977. The molecule has 1 aliphatic heterocycles. The molecule has 0 fully saturated rings. The number of carboxylic acids is 1. The largest absolute Gasteiger partial charge is 0.478 e. The second kappa shape index (κ2) is 9.35. The van der Waals surface area contributed by atoms with Gasteiger partial charge in [0.2, 0.25) is 5.91 Å². The molecular formula is C28H24N6O5. The number of aromatic carboxylic acids is 1. The minimum absolute atomic E-state index is 0.0588. The lowest BCUT2D eigenvalue weighted by Crippen LogP contribution is -2.30. The van der Waals surface area contributed by atoms with Gasteiger partial charge >= 0.3 is 5.97 Å². The van der Waals surface area contributed by atoms with Crippen molar-refractivity contribution in [3.8, 4) is 0 Å². The van der Waals surface area contributed by atoms with Gasteiger partial charge in [0, 0.05) is 24.4 Å². The molecule has 0 saturated carbocycles. The van der Waals surface area contributed by atoms with E-state index in [0.29, 0.717) is 30.5 Å². The van der Waals surface area contributed by atoms with Crippen LogP contribution in [0.25, 0.3) is 5.65 Å². The van der Waals surface area contributed by atoms with Crippen LogP contribution in [0.15, 0.2) is 48.7 Å². The Morgan fingerprint density at radius 1 is 1.13 bits per heavy atom. The standard InChI is InChI=1S/C28H24N6O5/c1-14-17-5-7-21(19(17)4-3-18(14)28(38)39)33-27(37)23-12-22(31-24-8-9-30-34(23)24)26(36)29-13-15-2-6-20-16(10-15)11-25(35)32-20/h2-4,6,8-10,12,21H,5,7,11,13H2,1H3,(H,29,36)(H,32,35)(H,33,37)(H,38,39)/t21-/m0/s1. The highest BCUT2D eigenvalue weighted by molar-refractivity contribution is 6.00. The molecule has 39 heavy (non-hydrogen) atoms. The highest BCUT2D eigenvalue weighted by atomic mass is 16.4. The van der Waals surface area contributed by atoms with Crippen molar-refractivity contribution >= 4 is 35.0 Å². The summed E-state index contributed by atoms with van der Waals surface area (Å²) in [4.78, 5) is 53.9. The van der Waals surface area contributed by atoms with Crippen LogP contribution < -0.4 is 16.0 Å². The zero-order valence-corrected chi connectivity index (χ0v) is 20.9. The normalized spacial score (nSPS) is 15.5. The number of nitrogens with zero attached hydrogens (tertiary/aromatic N) is 3. The van der Waals surface area contributed by atoms with Crippen LogP contribution in [0, 0.1) is 6.92 Å². The molecule has 2 aliphatic rings. The maximum Gasteiger partial charge on any atom is 0.335 e. The molecule has 3 amide bonds. The van der Waals surface area contributed by atoms with E-state index in [0.717, 1.165) is 27.9 Å². The quantitative estimate of drug-likeness (QED) is 0.302. The van der Waals surface area contributed by atoms with Crippen LogP contribution in [0.4, 0.5) is 5.69 Å². The van der Waals surface area contributed by atoms with Crippen LogP contribution in [0.1, 0.15) is 71.6 Å². The average Bonchev–Trinajstić information content (AvgIpc) is 3.64. The molecular weight excluding hydrogens is 500 g/mol. The van der Waals surface area contributed by atoms with Gasteiger partial charge in [-0.2, -0.15) is 5.10 Å². The summed E-state index contributed by atoms with van der Waals surface area (Å²) in [5.41, 5.74) is 5.87. The van der Waals surface area contributed by atoms with Crippen molar-refractivity contribution in [2.45, 2.75) is 38.8 Å². The number of hydrogen-bond acceptors (Lipinski definition) is 6. The van der Waals surface area contributed by atoms with E-state index in [9.17, 15) is 24.3 Å². The van der Waals surface area contributed by atoms with E-state index >= 15 is 0 Å². The Morgan fingerprint density at radius 3 is 2.79 bits per heavy atom. The summed E-state index contributed by atoms with van der Waals surface area (Å²) in [6, 6.07) is 11.6. The number of carboxylic acid groups (broad SMARTS) is 1. The summed E-state index contributed by atoms with van der Waals surface area (Å²) in [6.07, 6.45) is 3.10. The van der Waals surface area contributed by atoms with E-state index in [4.69, 9.17) is 0 Å². The first-order valence-corrected chi connectivity index (χ1v) is 12.5. The van der Waals surface area contributed by atoms with Crippen molar-refractivity contribution in [2.75, 3.05) is 5.32 Å². The number of benzene rings is 2. The molecule has 6 rings (SSSR count). The van der Waals surface area contributed by atoms with E-state index in [-0.39, 0.29) is 35.4 Å². The average molecular weight is 525 g/mol. The van der Waals surface area contributed by atoms with Gasteiger partial charge in [0.1, 0.15) is 11.4 Å². The molecule has 0 unspecified atom stereocenters. The van der Waals surface area contributed by atoms with E-state index < -0.39 is 17.8 Å². The number of aromatic nitrogens is 3. The van der Waals surface area contributed by atoms with Crippen LogP contribution in [0.2, 0.25) is 0 Å². The Balaban J connectivity index is 1.21. The molecule has 196 valence electrons. The van der Waals surface area contributed by atoms with Gasteiger partial charge in [-0.15, -0.1) is 0 Å². The third kappa shape index (κ3) is 4.37. The molecule has 4 aromatic rings. The number of nitrogens with one attached hydrogen (secondary N) is 3. The molecule has 4 N–H and O–H groups in total. The Labute approximate surface area is 222 Å². The first-order valence-electron chi connectivity index (χ1n) is 12.5. The summed E-state index contributed by atoms with van der Waals surface area (Å²) in [7, 11) is 0. The smallest absolute Gasteiger partial charge is 0.335 e. The summed E-state index contributed by atoms with van der Waals surface area (Å²) in [5.74, 6) is -1.91. The lowest BCUT2D eigenvalue weighted by atomic mass is 9.98. The van der Waals surface area contributed by atoms with Gasteiger partial charge in [0.15, 0.2) is 5.65 Å². The summed E-state index contributed by atoms with van der Waals surface area (Å²) in [5, 5.41) is 22.3. The van der Waals surface area contributed by atoms with Gasteiger partial charge in [-0.25, -0.2) is 14.3 Å². The second-order valence-electron chi connectivity index (χ2n) is 9.70. The summed E-state index contributed by atoms with van der Waals surface area (Å²) in [6.45, 7) is 2.01. The van der Waals surface area contributed by atoms with Crippen LogP contribution in [0.3, 0.4) is 0 Å². The van der Waals surface area contributed by atoms with Gasteiger partial charge in [-0.1, -0.05) is 18.2 Å². The zero-order valence-electron chi connectivity index (χ0n) is 20.9. The highest BCUT2D eigenvalue weighted by Crippen LogP contribution is 2.35. The van der Waals surface area contributed by atoms with Crippen LogP contribution in [0.5, 0.6) is 0 Å². The number of hydrogen-bond donors (Lipinski definition) is 4. The zero-order chi connectivity index (χ0) is 27.3. The minimum Gasteiger partial charge on any atom is -0.478 e. The number of fused-ring (bicyclic) bond motifs is 3. The van der Waals surface area contributed by atoms with Crippen LogP contribution >= 0.6 is 0 Å². The van der Waals surface area contributed by atoms with E-state index in [1.165, 1.54) is 16.8 Å². The molecule has 0 saturated heterocycles. The van der Waals surface area contributed by atoms with Crippen molar-refractivity contribution in [2.24, 2.45) is 0 Å². The third-order valence-electron chi connectivity index (χ3n) is 7.30. The molecule has 3 heterocycles. The molecule has 2 aromatic carbocycles. The lowest BCUT2D eigenvalue weighted by Gasteiger charge is -2.16. The molecule has 1 aliphatic carbocycles. The van der Waals surface area contributed by atoms with E-state index in [1.54, 1.807) is 25.1 Å². The first kappa shape index (κ1) is 24.3. The monoisotopic (exact) mass is 524 g/mol. The predicted octanol–water partition coefficient (Wildman–Crippen LogP) is 2.58. The van der Waals surface area contributed by atoms with Gasteiger partial charge in [0.05, 0.1) is 24.2 Å². The maximum atomic E-state index is 13.4. The molecule has 11 nitrogen and oxygen atoms in total. The molecule has 1 atom stereocenters. The Bertz CT molecular complexity index is 1710. The Hall–Kier alpha value is -5.06. The summed E-state index contributed by atoms with van der Waals surface area (Å²) < 4.78 is 1.38. The van der Waals surface area contributed by atoms with E-state index in [1.807, 2.05) is 18.2 Å². The topological polar surface area (TPSA) is 155 Å². The number of carbonyl (C=O) groups is 4. The molecule has 2 aromatic heterocycles. The van der Waals surface area contributed by atoms with Gasteiger partial charge in [-0.05, 0) is 59.7 Å². The molecule has 0 radical (unpaired) electrons. The van der Waals surface area contributed by atoms with Gasteiger partial charge in [-0.3, -0.25) is 14.4 Å². The van der Waals surface area contributed by atoms with Crippen molar-refractivity contribution < 1.29 is 24.3 Å². The fourth-order valence-corrected chi connectivity index (χ4v) is 5.35. The number of amides is 3. The summed E-state index contributed by atoms with van der Waals surface area (Å²) >= 11 is 0. The van der Waals surface area contributed by atoms with Gasteiger partial charge < -0.3 is 21.1 Å². The first-order chi connectivity index (χ1) is 18.8. The Kier molecular flexibility index (Phi) is 5.82. The Morgan fingerprint density at radius 2 is 1.97 bits per heavy atom. The van der Waals surface area contributed by atoms with Crippen LogP contribution in [-0.2, 0) is 24.2 Å². The van der Waals surface area contributed by atoms with Crippen molar-refractivity contribution in [3.05, 3.63) is 93.4 Å². The fraction of sp³-hybridized carbons (Fsp3) is 0.214. The SMILES string of the molecule is Cc1c(C(=O)O)ccc2c1CC[C@@H]2NC(=O)c1cc(C(=O)NCc2ccc3c(c2)CC(=O)N3)nc2ccnn12. The lowest BCUT2D eigenvalue weighted by molar-refractivity contribution is -0.115. The van der Waals surface area contributed by atoms with Crippen molar-refractivity contribution in [3.63, 3.8) is 0 Å². The van der Waals surface area contributed by atoms with Gasteiger partial charge in [0.25, 0.3) is 11.8 Å². The second-order valence-corrected chi connectivity index (χ2v) is 9.70. The third-order valence-corrected chi connectivity index (χ3v) is 7.30. The maximum absolute atomic E-state index is 13.4. The molecule has 11 heteroatoms. The fourth-order valence-electron chi connectivity index (χ4n) is 5.35. The van der Waals surface area contributed by atoms with E-state index in [2.05, 4.69) is 26.0 Å². The number of rotatable bonds is 6. The highest BCUT2D eigenvalue weighted by Gasteiger charge is 2.29. The van der Waals surface area contributed by atoms with Crippen LogP contribution in [-0.4, -0.2) is 43.4 Å². The molecule has 0 bridgehead atoms. The predicted molar refractivity (Wildman–Crippen MR) is 140 cm³/mol. The van der Waals surface area contributed by atoms with Crippen molar-refractivity contribution in [1.82, 2.24) is 25.2 Å². The van der Waals surface area contributed by atoms with Crippen molar-refractivity contribution in [1.29, 1.82) is 0 Å². The number of anilines is 1.